The largest absolute Gasteiger partial charge is 0.378 e. The Morgan fingerprint density at radius 3 is 2.74 bits per heavy atom. The highest BCUT2D eigenvalue weighted by molar-refractivity contribution is 6.30. The molecule has 2 aromatic carbocycles. The molecule has 0 spiro atoms. The lowest BCUT2D eigenvalue weighted by molar-refractivity contribution is -0.119. The molecular formula is C27H30ClN5O. The van der Waals surface area contributed by atoms with Crippen molar-refractivity contribution in [1.29, 1.82) is 0 Å². The predicted octanol–water partition coefficient (Wildman–Crippen LogP) is 5.53. The fraction of sp³-hybridized carbons (Fsp3) is 0.370. The van der Waals surface area contributed by atoms with Crippen LogP contribution in [-0.4, -0.2) is 45.3 Å². The normalized spacial score (nSPS) is 18.0. The van der Waals surface area contributed by atoms with E-state index in [4.69, 9.17) is 11.6 Å². The quantitative estimate of drug-likeness (QED) is 0.507. The first kappa shape index (κ1) is 22.8. The first-order valence-corrected chi connectivity index (χ1v) is 12.4. The van der Waals surface area contributed by atoms with Crippen LogP contribution in [0.15, 0.2) is 48.5 Å². The van der Waals surface area contributed by atoms with Gasteiger partial charge in [0.05, 0.1) is 24.0 Å². The predicted molar refractivity (Wildman–Crippen MR) is 137 cm³/mol. The van der Waals surface area contributed by atoms with Crippen LogP contribution in [0.1, 0.15) is 49.0 Å². The fourth-order valence-electron chi connectivity index (χ4n) is 4.94. The highest BCUT2D eigenvalue weighted by atomic mass is 35.5. The molecule has 0 radical (unpaired) electrons. The lowest BCUT2D eigenvalue weighted by atomic mass is 9.90. The van der Waals surface area contributed by atoms with Crippen LogP contribution in [0.3, 0.4) is 0 Å². The summed E-state index contributed by atoms with van der Waals surface area (Å²) >= 11 is 6.10. The van der Waals surface area contributed by atoms with Crippen molar-refractivity contribution >= 4 is 28.6 Å². The number of halogens is 1. The van der Waals surface area contributed by atoms with E-state index in [1.54, 1.807) is 0 Å². The summed E-state index contributed by atoms with van der Waals surface area (Å²) in [4.78, 5) is 14.1. The van der Waals surface area contributed by atoms with E-state index in [0.29, 0.717) is 18.7 Å². The maximum Gasteiger partial charge on any atom is 0.146 e. The van der Waals surface area contributed by atoms with E-state index in [1.807, 2.05) is 42.8 Å². The molecule has 0 saturated heterocycles. The van der Waals surface area contributed by atoms with Gasteiger partial charge in [-0.3, -0.25) is 9.69 Å². The van der Waals surface area contributed by atoms with Crippen LogP contribution in [0.4, 0.5) is 5.69 Å². The zero-order valence-electron chi connectivity index (χ0n) is 19.7. The molecule has 1 aromatic heterocycles. The van der Waals surface area contributed by atoms with Crippen LogP contribution in [0.5, 0.6) is 0 Å². The molecule has 2 aliphatic heterocycles. The van der Waals surface area contributed by atoms with Gasteiger partial charge in [-0.05, 0) is 66.8 Å². The van der Waals surface area contributed by atoms with Gasteiger partial charge < -0.3 is 5.32 Å². The summed E-state index contributed by atoms with van der Waals surface area (Å²) in [6.45, 7) is 7.04. The average molecular weight is 476 g/mol. The second kappa shape index (κ2) is 9.72. The number of rotatable bonds is 6. The molecule has 0 saturated carbocycles. The standard InChI is InChI=1S/C27H30ClN5O/c1-3-23(34)17-32-13-10-19(11-14-32)20-4-9-24-25(16-20)26(29-22-7-5-21(28)6-8-22)12-15-33-27(24)18(2)30-31-33/h4-10,16,26,29H,3,11-15,17H2,1-2H3. The van der Waals surface area contributed by atoms with E-state index in [1.165, 1.54) is 22.3 Å². The van der Waals surface area contributed by atoms with E-state index in [0.717, 1.165) is 54.6 Å². The molecule has 3 aromatic rings. The topological polar surface area (TPSA) is 63.1 Å². The number of aromatic nitrogens is 3. The molecule has 1 N–H and O–H groups in total. The number of benzene rings is 2. The molecule has 0 fully saturated rings. The van der Waals surface area contributed by atoms with Gasteiger partial charge in [0, 0.05) is 42.3 Å². The van der Waals surface area contributed by atoms with Crippen molar-refractivity contribution in [3.8, 4) is 11.3 Å². The summed E-state index contributed by atoms with van der Waals surface area (Å²) in [5.41, 5.74) is 8.15. The molecule has 0 aliphatic carbocycles. The molecule has 7 heteroatoms. The third kappa shape index (κ3) is 4.65. The third-order valence-corrected chi connectivity index (χ3v) is 7.11. The summed E-state index contributed by atoms with van der Waals surface area (Å²) < 4.78 is 2.03. The summed E-state index contributed by atoms with van der Waals surface area (Å²) in [6, 6.07) is 14.8. The molecule has 3 heterocycles. The van der Waals surface area contributed by atoms with Gasteiger partial charge in [0.15, 0.2) is 0 Å². The Labute approximate surface area is 205 Å². The summed E-state index contributed by atoms with van der Waals surface area (Å²) in [6.07, 6.45) is 4.73. The smallest absolute Gasteiger partial charge is 0.146 e. The highest BCUT2D eigenvalue weighted by Crippen LogP contribution is 2.39. The minimum atomic E-state index is 0.139. The number of hydrogen-bond donors (Lipinski definition) is 1. The molecule has 1 atom stereocenters. The van der Waals surface area contributed by atoms with Gasteiger partial charge in [0.1, 0.15) is 5.78 Å². The van der Waals surface area contributed by atoms with Crippen molar-refractivity contribution < 1.29 is 4.79 Å². The zero-order chi connectivity index (χ0) is 23.7. The fourth-order valence-corrected chi connectivity index (χ4v) is 5.07. The molecular weight excluding hydrogens is 446 g/mol. The van der Waals surface area contributed by atoms with E-state index in [2.05, 4.69) is 44.8 Å². The van der Waals surface area contributed by atoms with Gasteiger partial charge in [0.25, 0.3) is 0 Å². The van der Waals surface area contributed by atoms with E-state index >= 15 is 0 Å². The number of hydrogen-bond acceptors (Lipinski definition) is 5. The number of carbonyl (C=O) groups excluding carboxylic acids is 1. The minimum Gasteiger partial charge on any atom is -0.378 e. The van der Waals surface area contributed by atoms with Crippen molar-refractivity contribution in [2.75, 3.05) is 25.0 Å². The molecule has 1 unspecified atom stereocenters. The van der Waals surface area contributed by atoms with Crippen molar-refractivity contribution in [2.45, 2.75) is 45.7 Å². The Balaban J connectivity index is 1.48. The van der Waals surface area contributed by atoms with Gasteiger partial charge in [-0.1, -0.05) is 41.9 Å². The van der Waals surface area contributed by atoms with Crippen LogP contribution < -0.4 is 5.32 Å². The van der Waals surface area contributed by atoms with Gasteiger partial charge in [-0.15, -0.1) is 5.10 Å². The Morgan fingerprint density at radius 2 is 2.00 bits per heavy atom. The average Bonchev–Trinajstić information content (AvgIpc) is 3.15. The number of nitrogens with zero attached hydrogens (tertiary/aromatic N) is 4. The minimum absolute atomic E-state index is 0.139. The molecule has 0 bridgehead atoms. The number of fused-ring (bicyclic) bond motifs is 3. The molecule has 6 nitrogen and oxygen atoms in total. The lowest BCUT2D eigenvalue weighted by Crippen LogP contribution is -2.33. The SMILES string of the molecule is CCC(=O)CN1CC=C(c2ccc3c(c2)C(Nc2ccc(Cl)cc2)CCn2nnc(C)c2-3)CC1. The summed E-state index contributed by atoms with van der Waals surface area (Å²) in [5.74, 6) is 0.304. The van der Waals surface area contributed by atoms with Crippen molar-refractivity contribution in [1.82, 2.24) is 19.9 Å². The van der Waals surface area contributed by atoms with Crippen LogP contribution in [0, 0.1) is 6.92 Å². The summed E-state index contributed by atoms with van der Waals surface area (Å²) in [7, 11) is 0. The monoisotopic (exact) mass is 475 g/mol. The maximum atomic E-state index is 11.8. The first-order chi connectivity index (χ1) is 16.5. The van der Waals surface area contributed by atoms with Gasteiger partial charge in [0.2, 0.25) is 0 Å². The van der Waals surface area contributed by atoms with Crippen molar-refractivity contribution in [2.24, 2.45) is 0 Å². The molecule has 34 heavy (non-hydrogen) atoms. The second-order valence-electron chi connectivity index (χ2n) is 9.15. The molecule has 5 rings (SSSR count). The van der Waals surface area contributed by atoms with Crippen LogP contribution in [0.2, 0.25) is 5.02 Å². The maximum absolute atomic E-state index is 11.8. The molecule has 176 valence electrons. The number of ketones is 1. The van der Waals surface area contributed by atoms with Crippen LogP contribution >= 0.6 is 11.6 Å². The Bertz CT molecular complexity index is 1230. The number of Topliss-reactive ketones (excluding diaryl/α,β-unsaturated/α-hetero) is 1. The van der Waals surface area contributed by atoms with Crippen molar-refractivity contribution in [3.63, 3.8) is 0 Å². The van der Waals surface area contributed by atoms with Crippen LogP contribution in [0.25, 0.3) is 16.8 Å². The Kier molecular flexibility index (Phi) is 6.53. The third-order valence-electron chi connectivity index (χ3n) is 6.86. The second-order valence-corrected chi connectivity index (χ2v) is 9.58. The summed E-state index contributed by atoms with van der Waals surface area (Å²) in [5, 5.41) is 13.2. The van der Waals surface area contributed by atoms with E-state index in [-0.39, 0.29) is 6.04 Å². The van der Waals surface area contributed by atoms with E-state index in [9.17, 15) is 4.79 Å². The Hall–Kier alpha value is -2.96. The van der Waals surface area contributed by atoms with Gasteiger partial charge in [-0.25, -0.2) is 4.68 Å². The number of anilines is 1. The highest BCUT2D eigenvalue weighted by Gasteiger charge is 2.26. The zero-order valence-corrected chi connectivity index (χ0v) is 20.5. The van der Waals surface area contributed by atoms with Crippen molar-refractivity contribution in [3.05, 3.63) is 70.4 Å². The molecule has 0 amide bonds. The first-order valence-electron chi connectivity index (χ1n) is 12.0. The number of carbonyl (C=O) groups is 1. The number of nitrogens with one attached hydrogen (secondary N) is 1. The Morgan fingerprint density at radius 1 is 1.18 bits per heavy atom. The van der Waals surface area contributed by atoms with E-state index < -0.39 is 0 Å². The van der Waals surface area contributed by atoms with Gasteiger partial charge in [-0.2, -0.15) is 0 Å². The number of aryl methyl sites for hydroxylation is 2. The lowest BCUT2D eigenvalue weighted by Gasteiger charge is -2.27. The van der Waals surface area contributed by atoms with Crippen LogP contribution in [-0.2, 0) is 11.3 Å². The molecule has 2 aliphatic rings. The van der Waals surface area contributed by atoms with Gasteiger partial charge >= 0.3 is 0 Å².